The Balaban J connectivity index is 2.14. The van der Waals surface area contributed by atoms with Gasteiger partial charge in [0.15, 0.2) is 0 Å². The van der Waals surface area contributed by atoms with Gasteiger partial charge in [0.05, 0.1) is 14.9 Å². The molecule has 3 nitrogen and oxygen atoms in total. The van der Waals surface area contributed by atoms with E-state index >= 15 is 0 Å². The third-order valence-electron chi connectivity index (χ3n) is 2.13. The number of hydrogen-bond acceptors (Lipinski definition) is 4. The van der Waals surface area contributed by atoms with Gasteiger partial charge in [0.25, 0.3) is 0 Å². The quantitative estimate of drug-likeness (QED) is 0.852. The second-order valence-corrected chi connectivity index (χ2v) is 5.09. The first-order valence-electron chi connectivity index (χ1n) is 4.93. The van der Waals surface area contributed by atoms with E-state index in [0.29, 0.717) is 22.9 Å². The van der Waals surface area contributed by atoms with Gasteiger partial charge in [0, 0.05) is 6.20 Å². The van der Waals surface area contributed by atoms with E-state index in [1.807, 2.05) is 13.0 Å². The van der Waals surface area contributed by atoms with Gasteiger partial charge >= 0.3 is 0 Å². The van der Waals surface area contributed by atoms with Gasteiger partial charge in [-0.2, -0.15) is 5.26 Å². The third-order valence-corrected chi connectivity index (χ3v) is 3.33. The van der Waals surface area contributed by atoms with E-state index in [9.17, 15) is 0 Å². The molecule has 0 aliphatic heterocycles. The molecule has 0 spiro atoms. The highest BCUT2D eigenvalue weighted by molar-refractivity contribution is 7.11. The minimum atomic E-state index is 0.371. The number of aromatic nitrogens is 1. The Labute approximate surface area is 108 Å². The minimum Gasteiger partial charge on any atom is -0.487 e. The summed E-state index contributed by atoms with van der Waals surface area (Å²) < 4.78 is 5.57. The SMILES string of the molecule is Cc1ncc(COc2cccc(Cl)c2C#N)s1. The van der Waals surface area contributed by atoms with Gasteiger partial charge in [0.1, 0.15) is 24.0 Å². The van der Waals surface area contributed by atoms with Crippen molar-refractivity contribution in [3.63, 3.8) is 0 Å². The van der Waals surface area contributed by atoms with Crippen LogP contribution in [-0.2, 0) is 6.61 Å². The van der Waals surface area contributed by atoms with Gasteiger partial charge in [0.2, 0.25) is 0 Å². The second-order valence-electron chi connectivity index (χ2n) is 3.36. The third kappa shape index (κ3) is 2.76. The van der Waals surface area contributed by atoms with Gasteiger partial charge in [-0.3, -0.25) is 0 Å². The molecule has 0 fully saturated rings. The summed E-state index contributed by atoms with van der Waals surface area (Å²) >= 11 is 7.48. The fourth-order valence-electron chi connectivity index (χ4n) is 1.35. The highest BCUT2D eigenvalue weighted by atomic mass is 35.5. The largest absolute Gasteiger partial charge is 0.487 e. The van der Waals surface area contributed by atoms with Crippen molar-refractivity contribution in [3.05, 3.63) is 44.9 Å². The van der Waals surface area contributed by atoms with Crippen LogP contribution in [0.2, 0.25) is 5.02 Å². The van der Waals surface area contributed by atoms with E-state index in [0.717, 1.165) is 9.88 Å². The van der Waals surface area contributed by atoms with Gasteiger partial charge in [-0.05, 0) is 19.1 Å². The number of aryl methyl sites for hydroxylation is 1. The van der Waals surface area contributed by atoms with Crippen LogP contribution in [0.5, 0.6) is 5.75 Å². The molecular weight excluding hydrogens is 256 g/mol. The van der Waals surface area contributed by atoms with E-state index in [2.05, 4.69) is 4.98 Å². The Morgan fingerprint density at radius 2 is 2.35 bits per heavy atom. The molecule has 17 heavy (non-hydrogen) atoms. The summed E-state index contributed by atoms with van der Waals surface area (Å²) in [5.74, 6) is 0.506. The van der Waals surface area contributed by atoms with Crippen LogP contribution >= 0.6 is 22.9 Å². The summed E-state index contributed by atoms with van der Waals surface area (Å²) in [6.07, 6.45) is 1.77. The number of thiazole rings is 1. The molecule has 0 atom stereocenters. The van der Waals surface area contributed by atoms with Crippen molar-refractivity contribution in [3.8, 4) is 11.8 Å². The Kier molecular flexibility index (Phi) is 3.62. The highest BCUT2D eigenvalue weighted by Gasteiger charge is 2.08. The monoisotopic (exact) mass is 264 g/mol. The van der Waals surface area contributed by atoms with Crippen LogP contribution in [-0.4, -0.2) is 4.98 Å². The summed E-state index contributed by atoms with van der Waals surface area (Å²) in [5, 5.41) is 10.4. The zero-order valence-corrected chi connectivity index (χ0v) is 10.7. The van der Waals surface area contributed by atoms with Crippen LogP contribution in [0.4, 0.5) is 0 Å². The summed E-state index contributed by atoms with van der Waals surface area (Å²) in [6.45, 7) is 2.34. The summed E-state index contributed by atoms with van der Waals surface area (Å²) in [4.78, 5) is 5.16. The Morgan fingerprint density at radius 3 is 3.00 bits per heavy atom. The number of benzene rings is 1. The van der Waals surface area contributed by atoms with Gasteiger partial charge in [-0.25, -0.2) is 4.98 Å². The molecule has 1 aromatic carbocycles. The molecule has 2 rings (SSSR count). The fraction of sp³-hybridized carbons (Fsp3) is 0.167. The molecule has 0 aliphatic carbocycles. The van der Waals surface area contributed by atoms with Crippen LogP contribution in [0.1, 0.15) is 15.4 Å². The van der Waals surface area contributed by atoms with E-state index < -0.39 is 0 Å². The van der Waals surface area contributed by atoms with Crippen LogP contribution in [0, 0.1) is 18.3 Å². The van der Waals surface area contributed by atoms with Crippen LogP contribution < -0.4 is 4.74 Å². The van der Waals surface area contributed by atoms with Crippen molar-refractivity contribution in [2.75, 3.05) is 0 Å². The molecule has 86 valence electrons. The standard InChI is InChI=1S/C12H9ClN2OS/c1-8-15-6-9(17-8)7-16-12-4-2-3-11(13)10(12)5-14/h2-4,6H,7H2,1H3. The fourth-order valence-corrected chi connectivity index (χ4v) is 2.27. The first-order chi connectivity index (χ1) is 8.20. The molecule has 0 saturated carbocycles. The Hall–Kier alpha value is -1.57. The summed E-state index contributed by atoms with van der Waals surface area (Å²) in [6, 6.07) is 7.20. The Bertz CT molecular complexity index is 574. The molecule has 0 saturated heterocycles. The number of rotatable bonds is 3. The lowest BCUT2D eigenvalue weighted by molar-refractivity contribution is 0.308. The van der Waals surface area contributed by atoms with Crippen molar-refractivity contribution in [1.29, 1.82) is 5.26 Å². The zero-order valence-electron chi connectivity index (χ0n) is 9.11. The predicted octanol–water partition coefficient (Wildman–Crippen LogP) is 3.56. The normalized spacial score (nSPS) is 9.94. The molecule has 0 N–H and O–H groups in total. The molecule has 0 bridgehead atoms. The number of ether oxygens (including phenoxy) is 1. The lowest BCUT2D eigenvalue weighted by Gasteiger charge is -2.06. The summed E-state index contributed by atoms with van der Waals surface area (Å²) in [7, 11) is 0. The highest BCUT2D eigenvalue weighted by Crippen LogP contribution is 2.26. The van der Waals surface area contributed by atoms with Crippen molar-refractivity contribution in [1.82, 2.24) is 4.98 Å². The van der Waals surface area contributed by atoms with Crippen molar-refractivity contribution in [2.24, 2.45) is 0 Å². The van der Waals surface area contributed by atoms with E-state index in [-0.39, 0.29) is 0 Å². The predicted molar refractivity (Wildman–Crippen MR) is 67.4 cm³/mol. The van der Waals surface area contributed by atoms with Crippen LogP contribution in [0.15, 0.2) is 24.4 Å². The maximum atomic E-state index is 8.98. The lowest BCUT2D eigenvalue weighted by Crippen LogP contribution is -1.95. The smallest absolute Gasteiger partial charge is 0.139 e. The molecule has 0 aliphatic rings. The van der Waals surface area contributed by atoms with Crippen molar-refractivity contribution < 1.29 is 4.74 Å². The van der Waals surface area contributed by atoms with Gasteiger partial charge in [-0.1, -0.05) is 17.7 Å². The maximum absolute atomic E-state index is 8.98. The van der Waals surface area contributed by atoms with E-state index in [1.54, 1.807) is 35.7 Å². The van der Waals surface area contributed by atoms with E-state index in [1.165, 1.54) is 0 Å². The minimum absolute atomic E-state index is 0.371. The van der Waals surface area contributed by atoms with Gasteiger partial charge in [-0.15, -0.1) is 11.3 Å². The second kappa shape index (κ2) is 5.17. The van der Waals surface area contributed by atoms with E-state index in [4.69, 9.17) is 21.6 Å². The molecular formula is C12H9ClN2OS. The van der Waals surface area contributed by atoms with Crippen LogP contribution in [0.3, 0.4) is 0 Å². The lowest BCUT2D eigenvalue weighted by atomic mass is 10.2. The van der Waals surface area contributed by atoms with Crippen LogP contribution in [0.25, 0.3) is 0 Å². The number of nitriles is 1. The van der Waals surface area contributed by atoms with Gasteiger partial charge < -0.3 is 4.74 Å². The molecule has 0 unspecified atom stereocenters. The Morgan fingerprint density at radius 1 is 1.53 bits per heavy atom. The summed E-state index contributed by atoms with van der Waals surface area (Å²) in [5.41, 5.74) is 0.371. The topological polar surface area (TPSA) is 45.9 Å². The molecule has 0 radical (unpaired) electrons. The number of nitrogens with zero attached hydrogens (tertiary/aromatic N) is 2. The first-order valence-corrected chi connectivity index (χ1v) is 6.13. The molecule has 5 heteroatoms. The first kappa shape index (κ1) is 11.9. The van der Waals surface area contributed by atoms with Crippen molar-refractivity contribution >= 4 is 22.9 Å². The molecule has 2 aromatic rings. The van der Waals surface area contributed by atoms with Crippen molar-refractivity contribution in [2.45, 2.75) is 13.5 Å². The average molecular weight is 265 g/mol. The molecule has 1 aromatic heterocycles. The number of halogens is 1. The maximum Gasteiger partial charge on any atom is 0.139 e. The number of hydrogen-bond donors (Lipinski definition) is 0. The molecule has 0 amide bonds. The zero-order chi connectivity index (χ0) is 12.3. The average Bonchev–Trinajstić information content (AvgIpc) is 2.72. The molecule has 1 heterocycles.